The first-order chi connectivity index (χ1) is 28.5. The van der Waals surface area contributed by atoms with Gasteiger partial charge in [0.25, 0.3) is 5.56 Å². The Bertz CT molecular complexity index is 1770. The molecular formula is C41H60N4O13. The third kappa shape index (κ3) is 16.8. The van der Waals surface area contributed by atoms with Gasteiger partial charge in [-0.1, -0.05) is 24.3 Å². The van der Waals surface area contributed by atoms with Gasteiger partial charge in [-0.15, -0.1) is 0 Å². The molecule has 2 heterocycles. The maximum atomic E-state index is 13.3. The number of methoxy groups -OCH3 is 1. The van der Waals surface area contributed by atoms with Crippen LogP contribution in [0.4, 0.5) is 0 Å². The Hall–Kier alpha value is -3.78. The second kappa shape index (κ2) is 26.3. The third-order valence-corrected chi connectivity index (χ3v) is 9.24. The molecule has 2 aliphatic rings. The minimum atomic E-state index is -0.481. The number of H-pyrrole nitrogens is 1. The minimum absolute atomic E-state index is 0.118. The zero-order chi connectivity index (χ0) is 40.6. The molecule has 1 aromatic carbocycles. The Kier molecular flexibility index (Phi) is 20.6. The van der Waals surface area contributed by atoms with Crippen molar-refractivity contribution in [2.45, 2.75) is 38.8 Å². The Labute approximate surface area is 338 Å². The molecule has 0 saturated heterocycles. The normalized spacial score (nSPS) is 14.3. The number of fused-ring (bicyclic) bond motifs is 1. The van der Waals surface area contributed by atoms with E-state index in [9.17, 15) is 14.4 Å². The van der Waals surface area contributed by atoms with Crippen molar-refractivity contribution in [3.05, 3.63) is 56.7 Å². The molecule has 0 radical (unpaired) electrons. The van der Waals surface area contributed by atoms with Crippen LogP contribution in [0.15, 0.2) is 39.9 Å². The molecule has 58 heavy (non-hydrogen) atoms. The summed E-state index contributed by atoms with van der Waals surface area (Å²) in [7, 11) is 1.64. The lowest BCUT2D eigenvalue weighted by molar-refractivity contribution is -0.139. The van der Waals surface area contributed by atoms with Crippen molar-refractivity contribution in [2.75, 3.05) is 126 Å². The quantitative estimate of drug-likeness (QED) is 0.0528. The first-order valence-corrected chi connectivity index (χ1v) is 20.3. The summed E-state index contributed by atoms with van der Waals surface area (Å²) < 4.78 is 56.7. The van der Waals surface area contributed by atoms with Crippen LogP contribution in [0.5, 0.6) is 0 Å². The van der Waals surface area contributed by atoms with Crippen LogP contribution in [-0.2, 0) is 65.3 Å². The van der Waals surface area contributed by atoms with Crippen molar-refractivity contribution in [3.8, 4) is 11.4 Å². The number of carbonyl (C=O) groups excluding carboxylic acids is 1. The Balaban J connectivity index is 0.829. The van der Waals surface area contributed by atoms with E-state index in [-0.39, 0.29) is 24.5 Å². The third-order valence-electron chi connectivity index (χ3n) is 9.24. The van der Waals surface area contributed by atoms with Gasteiger partial charge in [-0.3, -0.25) is 13.9 Å². The summed E-state index contributed by atoms with van der Waals surface area (Å²) in [4.78, 5) is 46.7. The molecule has 0 atom stereocenters. The van der Waals surface area contributed by atoms with Crippen molar-refractivity contribution in [2.24, 2.45) is 11.8 Å². The highest BCUT2D eigenvalue weighted by Crippen LogP contribution is 2.32. The second-order valence-corrected chi connectivity index (χ2v) is 14.0. The van der Waals surface area contributed by atoms with E-state index in [1.54, 1.807) is 17.8 Å². The van der Waals surface area contributed by atoms with Gasteiger partial charge in [0.05, 0.1) is 112 Å². The molecule has 2 aliphatic carbocycles. The van der Waals surface area contributed by atoms with Crippen molar-refractivity contribution in [3.63, 3.8) is 0 Å². The van der Waals surface area contributed by atoms with Gasteiger partial charge in [0, 0.05) is 31.8 Å². The number of nitrogens with zero attached hydrogens (tertiary/aromatic N) is 3. The lowest BCUT2D eigenvalue weighted by Crippen LogP contribution is -2.41. The number of hydrogen-bond donors (Lipinski definition) is 1. The summed E-state index contributed by atoms with van der Waals surface area (Å²) in [5.41, 5.74) is 1.72. The summed E-state index contributed by atoms with van der Waals surface area (Å²) in [5, 5.41) is 0. The summed E-state index contributed by atoms with van der Waals surface area (Å²) in [6, 6.07) is 7.40. The van der Waals surface area contributed by atoms with Crippen LogP contribution < -0.4 is 11.2 Å². The average molecular weight is 817 g/mol. The smallest absolute Gasteiger partial charge is 0.332 e. The number of nitrogens with one attached hydrogen (secondary N) is 1. The lowest BCUT2D eigenvalue weighted by Gasteiger charge is -2.10. The average Bonchev–Trinajstić information content (AvgIpc) is 4.18. The highest BCUT2D eigenvalue weighted by atomic mass is 16.6. The fraction of sp³-hybridized carbons (Fsp3) is 0.659. The molecule has 0 amide bonds. The number of imidazole rings is 1. The summed E-state index contributed by atoms with van der Waals surface area (Å²) in [6.45, 7) is 9.18. The zero-order valence-corrected chi connectivity index (χ0v) is 33.7. The molecule has 0 unspecified atom stereocenters. The van der Waals surface area contributed by atoms with Crippen molar-refractivity contribution < 1.29 is 52.2 Å². The van der Waals surface area contributed by atoms with Crippen LogP contribution in [0.3, 0.4) is 0 Å². The lowest BCUT2D eigenvalue weighted by atomic mass is 10.1. The number of aromatic amines is 1. The fourth-order valence-corrected chi connectivity index (χ4v) is 5.70. The summed E-state index contributed by atoms with van der Waals surface area (Å²) >= 11 is 0. The fourth-order valence-electron chi connectivity index (χ4n) is 5.70. The molecule has 17 nitrogen and oxygen atoms in total. The highest BCUT2D eigenvalue weighted by Gasteiger charge is 2.28. The molecular weight excluding hydrogens is 756 g/mol. The molecule has 0 bridgehead atoms. The van der Waals surface area contributed by atoms with E-state index in [4.69, 9.17) is 52.4 Å². The second-order valence-electron chi connectivity index (χ2n) is 14.0. The maximum Gasteiger partial charge on any atom is 0.332 e. The molecule has 1 N–H and O–H groups in total. The molecule has 17 heteroatoms. The van der Waals surface area contributed by atoms with Gasteiger partial charge in [0.15, 0.2) is 5.65 Å². The van der Waals surface area contributed by atoms with Gasteiger partial charge in [0.1, 0.15) is 17.9 Å². The number of benzene rings is 1. The van der Waals surface area contributed by atoms with Crippen molar-refractivity contribution >= 4 is 23.2 Å². The molecule has 322 valence electrons. The first-order valence-electron chi connectivity index (χ1n) is 20.3. The highest BCUT2D eigenvalue weighted by molar-refractivity contribution is 5.87. The Morgan fingerprint density at radius 1 is 0.638 bits per heavy atom. The van der Waals surface area contributed by atoms with E-state index in [0.29, 0.717) is 148 Å². The molecule has 2 saturated carbocycles. The SMILES string of the molecule is COCCOCCOCCOCCOCCOCCOCCOCCOCCOC(=O)/C=C/c1ccc(-c2nc3c([nH]2)c(=O)n(CC2CC2)c(=O)n3CC2CC2)cc1. The Morgan fingerprint density at radius 2 is 1.07 bits per heavy atom. The number of hydrogen-bond acceptors (Lipinski definition) is 14. The minimum Gasteiger partial charge on any atom is -0.460 e. The van der Waals surface area contributed by atoms with Crippen molar-refractivity contribution in [1.82, 2.24) is 19.1 Å². The van der Waals surface area contributed by atoms with E-state index in [0.717, 1.165) is 36.8 Å². The van der Waals surface area contributed by atoms with Gasteiger partial charge < -0.3 is 52.4 Å². The standard InChI is InChI=1S/C41H60N4O13/c1-49-12-13-50-14-15-51-16-17-52-18-19-53-20-21-54-22-23-55-24-25-56-26-27-57-28-29-58-36(46)11-8-32-6-9-35(10-7-32)38-42-37-39(43-38)44(30-33-2-3-33)41(48)45(40(37)47)31-34-4-5-34/h6-11,33-34H,2-5,12-31H2,1H3,(H,42,43)/b11-8+. The zero-order valence-electron chi connectivity index (χ0n) is 33.7. The molecule has 2 aromatic heterocycles. The molecule has 2 fully saturated rings. The number of aromatic nitrogens is 4. The van der Waals surface area contributed by atoms with Crippen LogP contribution in [0, 0.1) is 11.8 Å². The van der Waals surface area contributed by atoms with E-state index in [2.05, 4.69) is 4.98 Å². The number of rotatable bonds is 34. The molecule has 0 aliphatic heterocycles. The van der Waals surface area contributed by atoms with Gasteiger partial charge in [-0.25, -0.2) is 14.6 Å². The van der Waals surface area contributed by atoms with E-state index in [1.807, 2.05) is 24.3 Å². The van der Waals surface area contributed by atoms with Crippen molar-refractivity contribution in [1.29, 1.82) is 0 Å². The van der Waals surface area contributed by atoms with Crippen LogP contribution in [0.2, 0.25) is 0 Å². The molecule has 5 rings (SSSR count). The predicted molar refractivity (Wildman–Crippen MR) is 214 cm³/mol. The van der Waals surface area contributed by atoms with E-state index in [1.165, 1.54) is 10.6 Å². The van der Waals surface area contributed by atoms with Gasteiger partial charge in [-0.2, -0.15) is 0 Å². The van der Waals surface area contributed by atoms with Crippen LogP contribution in [-0.4, -0.2) is 151 Å². The number of carbonyl (C=O) groups is 1. The Morgan fingerprint density at radius 3 is 1.52 bits per heavy atom. The predicted octanol–water partition coefficient (Wildman–Crippen LogP) is 2.71. The van der Waals surface area contributed by atoms with Gasteiger partial charge in [-0.05, 0) is 49.2 Å². The van der Waals surface area contributed by atoms with Gasteiger partial charge >= 0.3 is 11.7 Å². The van der Waals surface area contributed by atoms with Gasteiger partial charge in [0.2, 0.25) is 0 Å². The maximum absolute atomic E-state index is 13.3. The topological polar surface area (TPSA) is 182 Å². The van der Waals surface area contributed by atoms with E-state index >= 15 is 0 Å². The summed E-state index contributed by atoms with van der Waals surface area (Å²) in [6.07, 6.45) is 7.27. The number of esters is 1. The number of ether oxygens (including phenoxy) is 10. The molecule has 3 aromatic rings. The van der Waals surface area contributed by atoms with Crippen LogP contribution in [0.1, 0.15) is 31.2 Å². The largest absolute Gasteiger partial charge is 0.460 e. The molecule has 0 spiro atoms. The monoisotopic (exact) mass is 816 g/mol. The summed E-state index contributed by atoms with van der Waals surface area (Å²) in [5.74, 6) is 0.875. The van der Waals surface area contributed by atoms with Crippen LogP contribution >= 0.6 is 0 Å². The van der Waals surface area contributed by atoms with E-state index < -0.39 is 5.97 Å². The van der Waals surface area contributed by atoms with Crippen LogP contribution in [0.25, 0.3) is 28.6 Å². The first kappa shape index (κ1) is 45.3.